The van der Waals surface area contributed by atoms with E-state index in [1.807, 2.05) is 78.9 Å². The molecule has 0 aliphatic carbocycles. The van der Waals surface area contributed by atoms with E-state index >= 15 is 0 Å². The van der Waals surface area contributed by atoms with Gasteiger partial charge in [0.1, 0.15) is 5.75 Å². The van der Waals surface area contributed by atoms with Gasteiger partial charge in [-0.05, 0) is 33.5 Å². The van der Waals surface area contributed by atoms with Crippen LogP contribution in [-0.4, -0.2) is 27.0 Å². The number of carbonyl (C=O) groups is 2. The maximum Gasteiger partial charge on any atom is 0.394 e. The van der Waals surface area contributed by atoms with E-state index in [0.717, 1.165) is 27.5 Å². The van der Waals surface area contributed by atoms with Gasteiger partial charge >= 0.3 is 11.9 Å². The number of hydrogen-bond acceptors (Lipinski definition) is 3. The second-order valence-corrected chi connectivity index (χ2v) is 7.32. The topological polar surface area (TPSA) is 77.8 Å². The smallest absolute Gasteiger partial charge is 0.394 e. The molecule has 5 heteroatoms. The molecule has 0 atom stereocenters. The first-order chi connectivity index (χ1) is 15.0. The first-order valence-electron chi connectivity index (χ1n) is 9.89. The minimum atomic E-state index is -1.53. The molecule has 0 radical (unpaired) electrons. The van der Waals surface area contributed by atoms with Gasteiger partial charge in [-0.1, -0.05) is 84.9 Å². The van der Waals surface area contributed by atoms with E-state index in [0.29, 0.717) is 5.56 Å². The van der Waals surface area contributed by atoms with Crippen molar-refractivity contribution in [1.82, 2.24) is 4.90 Å². The highest BCUT2D eigenvalue weighted by Gasteiger charge is 2.22. The predicted octanol–water partition coefficient (Wildman–Crippen LogP) is 4.83. The fourth-order valence-electron chi connectivity index (χ4n) is 3.69. The van der Waals surface area contributed by atoms with Crippen LogP contribution in [0.1, 0.15) is 11.1 Å². The number of carboxylic acid groups (broad SMARTS) is 1. The van der Waals surface area contributed by atoms with Gasteiger partial charge in [0.25, 0.3) is 0 Å². The summed E-state index contributed by atoms with van der Waals surface area (Å²) >= 11 is 0. The Morgan fingerprint density at radius 3 is 2.23 bits per heavy atom. The number of nitrogens with zero attached hydrogens (tertiary/aromatic N) is 1. The van der Waals surface area contributed by atoms with Crippen LogP contribution in [0.15, 0.2) is 91.0 Å². The van der Waals surface area contributed by atoms with Gasteiger partial charge < -0.3 is 15.1 Å². The van der Waals surface area contributed by atoms with Crippen LogP contribution in [0.25, 0.3) is 21.9 Å². The number of fused-ring (bicyclic) bond motifs is 1. The molecule has 4 rings (SSSR count). The molecule has 2 N–H and O–H groups in total. The van der Waals surface area contributed by atoms with E-state index < -0.39 is 11.9 Å². The molecule has 0 fully saturated rings. The van der Waals surface area contributed by atoms with Crippen LogP contribution >= 0.6 is 0 Å². The third-order valence-corrected chi connectivity index (χ3v) is 5.23. The zero-order valence-corrected chi connectivity index (χ0v) is 16.7. The lowest BCUT2D eigenvalue weighted by Crippen LogP contribution is -2.35. The molecular formula is C26H21NO4. The number of hydrogen-bond donors (Lipinski definition) is 2. The Balaban J connectivity index is 1.64. The van der Waals surface area contributed by atoms with Crippen molar-refractivity contribution >= 4 is 22.6 Å². The number of aromatic hydroxyl groups is 1. The molecule has 0 spiro atoms. The van der Waals surface area contributed by atoms with Gasteiger partial charge in [-0.25, -0.2) is 4.79 Å². The number of phenolic OH excluding ortho intramolecular Hbond substituents is 1. The summed E-state index contributed by atoms with van der Waals surface area (Å²) in [6.45, 7) is 0.123. The number of carbonyl (C=O) groups excluding carboxylic acids is 1. The van der Waals surface area contributed by atoms with E-state index in [-0.39, 0.29) is 18.8 Å². The first kappa shape index (κ1) is 20.2. The largest absolute Gasteiger partial charge is 0.508 e. The number of phenols is 1. The molecular weight excluding hydrogens is 390 g/mol. The summed E-state index contributed by atoms with van der Waals surface area (Å²) in [5, 5.41) is 22.1. The molecule has 0 aliphatic rings. The number of amides is 1. The van der Waals surface area contributed by atoms with Crippen molar-refractivity contribution in [2.45, 2.75) is 13.1 Å². The quantitative estimate of drug-likeness (QED) is 0.461. The van der Waals surface area contributed by atoms with E-state index in [1.54, 1.807) is 12.1 Å². The molecule has 0 saturated heterocycles. The zero-order valence-electron chi connectivity index (χ0n) is 16.7. The highest BCUT2D eigenvalue weighted by atomic mass is 16.4. The molecule has 1 amide bonds. The van der Waals surface area contributed by atoms with E-state index in [2.05, 4.69) is 0 Å². The Morgan fingerprint density at radius 1 is 0.774 bits per heavy atom. The van der Waals surface area contributed by atoms with E-state index in [9.17, 15) is 19.8 Å². The Labute approximate surface area is 179 Å². The van der Waals surface area contributed by atoms with Crippen LogP contribution in [-0.2, 0) is 22.7 Å². The molecule has 0 aliphatic heterocycles. The second-order valence-electron chi connectivity index (χ2n) is 7.32. The molecule has 4 aromatic carbocycles. The average Bonchev–Trinajstić information content (AvgIpc) is 2.79. The highest BCUT2D eigenvalue weighted by molar-refractivity contribution is 6.31. The minimum absolute atomic E-state index is 0.0122. The van der Waals surface area contributed by atoms with Crippen LogP contribution in [0.3, 0.4) is 0 Å². The van der Waals surface area contributed by atoms with Gasteiger partial charge in [-0.2, -0.15) is 0 Å². The van der Waals surface area contributed by atoms with Crippen LogP contribution in [0.4, 0.5) is 0 Å². The SMILES string of the molecule is O=C(O)C(=O)N(Cc1ccccc1)Cc1ccc(-c2cccc3ccccc23)cc1O. The summed E-state index contributed by atoms with van der Waals surface area (Å²) in [7, 11) is 0. The van der Waals surface area contributed by atoms with Crippen LogP contribution < -0.4 is 0 Å². The zero-order chi connectivity index (χ0) is 21.8. The molecule has 0 saturated carbocycles. The molecule has 0 bridgehead atoms. The summed E-state index contributed by atoms with van der Waals surface area (Å²) in [5.41, 5.74) is 3.12. The Kier molecular flexibility index (Phi) is 5.67. The van der Waals surface area contributed by atoms with Crippen molar-refractivity contribution in [3.8, 4) is 16.9 Å². The second kappa shape index (κ2) is 8.71. The molecule has 5 nitrogen and oxygen atoms in total. The van der Waals surface area contributed by atoms with Gasteiger partial charge in [0.15, 0.2) is 0 Å². The molecule has 0 aromatic heterocycles. The summed E-state index contributed by atoms with van der Waals surface area (Å²) < 4.78 is 0. The minimum Gasteiger partial charge on any atom is -0.508 e. The van der Waals surface area contributed by atoms with E-state index in [1.165, 1.54) is 4.90 Å². The Bertz CT molecular complexity index is 1250. The standard InChI is InChI=1S/C26H21NO4/c28-24-15-20(23-12-6-10-19-9-4-5-11-22(19)23)13-14-21(24)17-27(25(29)26(30)31)16-18-7-2-1-3-8-18/h1-15,28H,16-17H2,(H,30,31). The van der Waals surface area contributed by atoms with Gasteiger partial charge in [0.05, 0.1) is 6.54 Å². The van der Waals surface area contributed by atoms with Crippen LogP contribution in [0.5, 0.6) is 5.75 Å². The van der Waals surface area contributed by atoms with Crippen LogP contribution in [0.2, 0.25) is 0 Å². The van der Waals surface area contributed by atoms with Crippen molar-refractivity contribution < 1.29 is 19.8 Å². The van der Waals surface area contributed by atoms with Crippen molar-refractivity contribution in [3.63, 3.8) is 0 Å². The third kappa shape index (κ3) is 4.41. The van der Waals surface area contributed by atoms with Gasteiger partial charge in [0.2, 0.25) is 0 Å². The third-order valence-electron chi connectivity index (χ3n) is 5.23. The predicted molar refractivity (Wildman–Crippen MR) is 119 cm³/mol. The van der Waals surface area contributed by atoms with Crippen LogP contribution in [0, 0.1) is 0 Å². The lowest BCUT2D eigenvalue weighted by Gasteiger charge is -2.22. The van der Waals surface area contributed by atoms with Crippen molar-refractivity contribution in [1.29, 1.82) is 0 Å². The Morgan fingerprint density at radius 2 is 1.48 bits per heavy atom. The normalized spacial score (nSPS) is 10.7. The number of benzene rings is 4. The van der Waals surface area contributed by atoms with Crippen molar-refractivity contribution in [3.05, 3.63) is 102 Å². The lowest BCUT2D eigenvalue weighted by molar-refractivity contribution is -0.156. The van der Waals surface area contributed by atoms with Gasteiger partial charge in [0, 0.05) is 12.1 Å². The summed E-state index contributed by atoms with van der Waals surface area (Å²) in [6, 6.07) is 28.4. The molecule has 0 heterocycles. The lowest BCUT2D eigenvalue weighted by atomic mass is 9.97. The summed E-state index contributed by atoms with van der Waals surface area (Å²) in [4.78, 5) is 24.8. The van der Waals surface area contributed by atoms with Gasteiger partial charge in [-0.3, -0.25) is 4.79 Å². The van der Waals surface area contributed by atoms with Gasteiger partial charge in [-0.15, -0.1) is 0 Å². The fraction of sp³-hybridized carbons (Fsp3) is 0.0769. The Hall–Kier alpha value is -4.12. The van der Waals surface area contributed by atoms with E-state index in [4.69, 9.17) is 0 Å². The maximum atomic E-state index is 12.2. The molecule has 4 aromatic rings. The molecule has 0 unspecified atom stereocenters. The number of carboxylic acids is 1. The monoisotopic (exact) mass is 411 g/mol. The highest BCUT2D eigenvalue weighted by Crippen LogP contribution is 2.32. The average molecular weight is 411 g/mol. The summed E-state index contributed by atoms with van der Waals surface area (Å²) in [6.07, 6.45) is 0. The molecule has 31 heavy (non-hydrogen) atoms. The maximum absolute atomic E-state index is 12.2. The fourth-order valence-corrected chi connectivity index (χ4v) is 3.69. The first-order valence-corrected chi connectivity index (χ1v) is 9.89. The summed E-state index contributed by atoms with van der Waals surface area (Å²) in [5.74, 6) is -2.52. The van der Waals surface area contributed by atoms with Crippen molar-refractivity contribution in [2.24, 2.45) is 0 Å². The number of rotatable bonds is 5. The van der Waals surface area contributed by atoms with Crippen molar-refractivity contribution in [2.75, 3.05) is 0 Å². The molecule has 154 valence electrons. The number of aliphatic carboxylic acids is 1.